The lowest BCUT2D eigenvalue weighted by Crippen LogP contribution is -2.40. The molecule has 0 amide bonds. The first-order valence-electron chi connectivity index (χ1n) is 5.97. The van der Waals surface area contributed by atoms with Gasteiger partial charge in [-0.05, 0) is 44.6 Å². The number of benzene rings is 1. The molecule has 1 fully saturated rings. The number of anilines is 2. The van der Waals surface area contributed by atoms with Crippen molar-refractivity contribution in [3.8, 4) is 0 Å². The Balaban J connectivity index is 1.89. The van der Waals surface area contributed by atoms with Crippen molar-refractivity contribution in [3.05, 3.63) is 24.3 Å². The Labute approximate surface area is 97.6 Å². The van der Waals surface area contributed by atoms with Crippen molar-refractivity contribution in [1.29, 1.82) is 0 Å². The molecule has 1 aromatic rings. The molecule has 0 saturated carbocycles. The summed E-state index contributed by atoms with van der Waals surface area (Å²) in [5.74, 6) is 0. The molecule has 0 spiro atoms. The van der Waals surface area contributed by atoms with Crippen LogP contribution in [0.1, 0.15) is 19.3 Å². The molecule has 1 aliphatic rings. The number of hydrogen-bond acceptors (Lipinski definition) is 3. The van der Waals surface area contributed by atoms with E-state index in [1.807, 2.05) is 18.2 Å². The maximum Gasteiger partial charge on any atom is 0.0574 e. The molecule has 3 nitrogen and oxygen atoms in total. The summed E-state index contributed by atoms with van der Waals surface area (Å²) in [6, 6.07) is 9.30. The van der Waals surface area contributed by atoms with Crippen LogP contribution in [0.3, 0.4) is 0 Å². The molecule has 1 radical (unpaired) electrons. The minimum atomic E-state index is 0.636. The highest BCUT2D eigenvalue weighted by molar-refractivity contribution is 5.65. The zero-order valence-corrected chi connectivity index (χ0v) is 9.87. The quantitative estimate of drug-likeness (QED) is 0.762. The molecule has 1 aromatic carbocycles. The summed E-state index contributed by atoms with van der Waals surface area (Å²) in [7, 11) is 2.20. The van der Waals surface area contributed by atoms with Crippen LogP contribution in [0.15, 0.2) is 18.2 Å². The van der Waals surface area contributed by atoms with Gasteiger partial charge in [0.25, 0.3) is 0 Å². The van der Waals surface area contributed by atoms with E-state index in [9.17, 15) is 0 Å². The van der Waals surface area contributed by atoms with Crippen molar-refractivity contribution in [1.82, 2.24) is 4.90 Å². The summed E-state index contributed by atoms with van der Waals surface area (Å²) < 4.78 is 0. The summed E-state index contributed by atoms with van der Waals surface area (Å²) in [6.45, 7) is 2.19. The number of nitrogen functional groups attached to an aromatic ring is 1. The van der Waals surface area contributed by atoms with Crippen molar-refractivity contribution in [3.63, 3.8) is 0 Å². The van der Waals surface area contributed by atoms with Crippen LogP contribution in [0.4, 0.5) is 11.4 Å². The van der Waals surface area contributed by atoms with Gasteiger partial charge < -0.3 is 16.0 Å². The van der Waals surface area contributed by atoms with Gasteiger partial charge in [-0.1, -0.05) is 12.5 Å². The number of hydrogen-bond donors (Lipinski definition) is 2. The first-order valence-corrected chi connectivity index (χ1v) is 5.97. The molecule has 1 saturated heterocycles. The van der Waals surface area contributed by atoms with E-state index in [0.29, 0.717) is 6.04 Å². The molecule has 87 valence electrons. The third-order valence-corrected chi connectivity index (χ3v) is 3.35. The fourth-order valence-corrected chi connectivity index (χ4v) is 2.23. The van der Waals surface area contributed by atoms with Crippen molar-refractivity contribution in [2.24, 2.45) is 0 Å². The second-order valence-corrected chi connectivity index (χ2v) is 4.52. The van der Waals surface area contributed by atoms with Crippen molar-refractivity contribution < 1.29 is 0 Å². The van der Waals surface area contributed by atoms with Crippen LogP contribution in [0.2, 0.25) is 0 Å². The number of piperidine rings is 1. The maximum atomic E-state index is 5.86. The van der Waals surface area contributed by atoms with Gasteiger partial charge in [-0.2, -0.15) is 0 Å². The summed E-state index contributed by atoms with van der Waals surface area (Å²) in [5, 5.41) is 3.43. The Hall–Kier alpha value is -1.22. The van der Waals surface area contributed by atoms with Crippen LogP contribution in [0.5, 0.6) is 0 Å². The first-order chi connectivity index (χ1) is 7.77. The highest BCUT2D eigenvalue weighted by atomic mass is 15.2. The monoisotopic (exact) mass is 218 g/mol. The SMILES string of the molecule is CN1CCCC[C@@H]1CNc1cc[c]cc1N. The molecular weight excluding hydrogens is 198 g/mol. The second kappa shape index (κ2) is 5.21. The highest BCUT2D eigenvalue weighted by Crippen LogP contribution is 2.19. The normalized spacial score (nSPS) is 21.9. The van der Waals surface area contributed by atoms with E-state index in [1.54, 1.807) is 0 Å². The lowest BCUT2D eigenvalue weighted by atomic mass is 10.0. The standard InChI is InChI=1S/C13H20N3/c1-16-9-5-4-6-11(16)10-15-13-8-3-2-7-12(13)14/h3,7-8,11,15H,4-6,9-10,14H2,1H3/t11-/m1/s1. The van der Waals surface area contributed by atoms with E-state index < -0.39 is 0 Å². The summed E-state index contributed by atoms with van der Waals surface area (Å²) >= 11 is 0. The number of nitrogens with two attached hydrogens (primary N) is 1. The minimum Gasteiger partial charge on any atom is -0.397 e. The molecule has 1 heterocycles. The average molecular weight is 218 g/mol. The van der Waals surface area contributed by atoms with Crippen molar-refractivity contribution in [2.75, 3.05) is 31.2 Å². The van der Waals surface area contributed by atoms with Gasteiger partial charge in [0.2, 0.25) is 0 Å². The number of nitrogens with zero attached hydrogens (tertiary/aromatic N) is 1. The van der Waals surface area contributed by atoms with Gasteiger partial charge in [-0.3, -0.25) is 0 Å². The topological polar surface area (TPSA) is 41.3 Å². The highest BCUT2D eigenvalue weighted by Gasteiger charge is 2.18. The number of rotatable bonds is 3. The molecular formula is C13H20N3. The third-order valence-electron chi connectivity index (χ3n) is 3.35. The molecule has 0 aliphatic carbocycles. The van der Waals surface area contributed by atoms with E-state index in [1.165, 1.54) is 25.8 Å². The van der Waals surface area contributed by atoms with E-state index in [4.69, 9.17) is 5.73 Å². The van der Waals surface area contributed by atoms with E-state index in [0.717, 1.165) is 17.9 Å². The van der Waals surface area contributed by atoms with Gasteiger partial charge in [0.1, 0.15) is 0 Å². The fourth-order valence-electron chi connectivity index (χ4n) is 2.23. The molecule has 2 rings (SSSR count). The second-order valence-electron chi connectivity index (χ2n) is 4.52. The maximum absolute atomic E-state index is 5.86. The molecule has 1 atom stereocenters. The lowest BCUT2D eigenvalue weighted by molar-refractivity contribution is 0.194. The number of likely N-dealkylation sites (N-methyl/N-ethyl adjacent to an activating group) is 1. The van der Waals surface area contributed by atoms with Gasteiger partial charge in [0.15, 0.2) is 0 Å². The van der Waals surface area contributed by atoms with E-state index >= 15 is 0 Å². The predicted octanol–water partition coefficient (Wildman–Crippen LogP) is 1.97. The summed E-state index contributed by atoms with van der Waals surface area (Å²) in [5.41, 5.74) is 7.67. The molecule has 0 unspecified atom stereocenters. The predicted molar refractivity (Wildman–Crippen MR) is 68.4 cm³/mol. The molecule has 3 N–H and O–H groups in total. The number of nitrogens with one attached hydrogen (secondary N) is 1. The molecule has 16 heavy (non-hydrogen) atoms. The Morgan fingerprint density at radius 1 is 1.56 bits per heavy atom. The Bertz CT molecular complexity index is 338. The zero-order valence-electron chi connectivity index (χ0n) is 9.87. The van der Waals surface area contributed by atoms with Gasteiger partial charge in [0.05, 0.1) is 11.4 Å². The minimum absolute atomic E-state index is 0.636. The largest absolute Gasteiger partial charge is 0.397 e. The Morgan fingerprint density at radius 2 is 2.44 bits per heavy atom. The van der Waals surface area contributed by atoms with E-state index in [-0.39, 0.29) is 0 Å². The van der Waals surface area contributed by atoms with Gasteiger partial charge in [-0.15, -0.1) is 0 Å². The molecule has 3 heteroatoms. The van der Waals surface area contributed by atoms with Crippen molar-refractivity contribution in [2.45, 2.75) is 25.3 Å². The van der Waals surface area contributed by atoms with Crippen LogP contribution in [-0.2, 0) is 0 Å². The van der Waals surface area contributed by atoms with E-state index in [2.05, 4.69) is 23.3 Å². The Kier molecular flexibility index (Phi) is 3.67. The van der Waals surface area contributed by atoms with Gasteiger partial charge >= 0.3 is 0 Å². The molecule has 0 bridgehead atoms. The zero-order chi connectivity index (χ0) is 11.4. The van der Waals surface area contributed by atoms with Crippen LogP contribution in [0, 0.1) is 6.07 Å². The summed E-state index contributed by atoms with van der Waals surface area (Å²) in [4.78, 5) is 2.43. The average Bonchev–Trinajstić information content (AvgIpc) is 2.30. The van der Waals surface area contributed by atoms with Crippen LogP contribution in [-0.4, -0.2) is 31.1 Å². The summed E-state index contributed by atoms with van der Waals surface area (Å²) in [6.07, 6.45) is 3.95. The molecule has 0 aromatic heterocycles. The third kappa shape index (κ3) is 2.67. The first kappa shape index (κ1) is 11.3. The Morgan fingerprint density at radius 3 is 3.19 bits per heavy atom. The smallest absolute Gasteiger partial charge is 0.0574 e. The van der Waals surface area contributed by atoms with Gasteiger partial charge in [-0.25, -0.2) is 0 Å². The van der Waals surface area contributed by atoms with Crippen LogP contribution < -0.4 is 11.1 Å². The van der Waals surface area contributed by atoms with Crippen molar-refractivity contribution >= 4 is 11.4 Å². The number of likely N-dealkylation sites (tertiary alicyclic amines) is 1. The van der Waals surface area contributed by atoms with Gasteiger partial charge in [0, 0.05) is 12.6 Å². The van der Waals surface area contributed by atoms with Crippen LogP contribution >= 0.6 is 0 Å². The fraction of sp³-hybridized carbons (Fsp3) is 0.538. The molecule has 1 aliphatic heterocycles. The lowest BCUT2D eigenvalue weighted by Gasteiger charge is -2.32. The van der Waals surface area contributed by atoms with Crippen LogP contribution in [0.25, 0.3) is 0 Å².